The van der Waals surface area contributed by atoms with Gasteiger partial charge in [0, 0.05) is 25.4 Å². The average Bonchev–Trinajstić information content (AvgIpc) is 2.88. The fraction of sp³-hybridized carbons (Fsp3) is 0.588. The largest absolute Gasteiger partial charge is 0.456 e. The molecule has 1 aromatic carbocycles. The number of anilines is 1. The van der Waals surface area contributed by atoms with E-state index in [0.717, 1.165) is 18.8 Å². The van der Waals surface area contributed by atoms with Crippen molar-refractivity contribution in [1.29, 1.82) is 0 Å². The predicted molar refractivity (Wildman–Crippen MR) is 81.4 cm³/mol. The maximum absolute atomic E-state index is 12.0. The van der Waals surface area contributed by atoms with Gasteiger partial charge in [-0.05, 0) is 62.8 Å². The van der Waals surface area contributed by atoms with Crippen LogP contribution in [-0.4, -0.2) is 36.4 Å². The summed E-state index contributed by atoms with van der Waals surface area (Å²) in [6.45, 7) is 7.96. The van der Waals surface area contributed by atoms with Crippen LogP contribution in [0.2, 0.25) is 0 Å². The highest BCUT2D eigenvalue weighted by atomic mass is 16.6. The molecule has 1 N–H and O–H groups in total. The Morgan fingerprint density at radius 3 is 2.29 bits per heavy atom. The summed E-state index contributed by atoms with van der Waals surface area (Å²) in [5.41, 5.74) is 1.27. The summed E-state index contributed by atoms with van der Waals surface area (Å²) in [6, 6.07) is 7.63. The van der Waals surface area contributed by atoms with E-state index < -0.39 is 5.60 Å². The molecule has 0 aromatic heterocycles. The molecule has 1 heterocycles. The Balaban J connectivity index is 1.62. The SMILES string of the molecule is CC(C)(C)OC(=O)c1ccc(N2CC3C(CO)C3C2)cc1. The summed E-state index contributed by atoms with van der Waals surface area (Å²) in [5.74, 6) is 1.54. The molecule has 2 fully saturated rings. The Bertz CT molecular complexity index is 520. The number of hydrogen-bond acceptors (Lipinski definition) is 4. The first-order chi connectivity index (χ1) is 9.89. The second kappa shape index (κ2) is 5.02. The van der Waals surface area contributed by atoms with Crippen LogP contribution >= 0.6 is 0 Å². The fourth-order valence-electron chi connectivity index (χ4n) is 3.28. The maximum Gasteiger partial charge on any atom is 0.338 e. The van der Waals surface area contributed by atoms with Crippen LogP contribution in [0.3, 0.4) is 0 Å². The minimum Gasteiger partial charge on any atom is -0.456 e. The molecular weight excluding hydrogens is 266 g/mol. The highest BCUT2D eigenvalue weighted by Gasteiger charge is 2.55. The van der Waals surface area contributed by atoms with E-state index in [-0.39, 0.29) is 5.97 Å². The quantitative estimate of drug-likeness (QED) is 0.868. The number of esters is 1. The summed E-state index contributed by atoms with van der Waals surface area (Å²) in [5, 5.41) is 9.19. The maximum atomic E-state index is 12.0. The molecule has 114 valence electrons. The number of rotatable bonds is 3. The van der Waals surface area contributed by atoms with Crippen molar-refractivity contribution in [2.24, 2.45) is 17.8 Å². The number of nitrogens with zero attached hydrogens (tertiary/aromatic N) is 1. The normalized spacial score (nSPS) is 27.4. The Morgan fingerprint density at radius 2 is 1.81 bits per heavy atom. The molecule has 1 saturated carbocycles. The lowest BCUT2D eigenvalue weighted by Crippen LogP contribution is -2.25. The lowest BCUT2D eigenvalue weighted by Gasteiger charge is -2.22. The summed E-state index contributed by atoms with van der Waals surface area (Å²) in [7, 11) is 0. The summed E-state index contributed by atoms with van der Waals surface area (Å²) < 4.78 is 5.36. The van der Waals surface area contributed by atoms with E-state index in [9.17, 15) is 9.90 Å². The standard InChI is InChI=1S/C17H23NO3/c1-17(2,3)21-16(20)11-4-6-12(7-5-11)18-8-13-14(9-18)15(13)10-19/h4-7,13-15,19H,8-10H2,1-3H3. The zero-order valence-electron chi connectivity index (χ0n) is 12.9. The molecule has 4 heteroatoms. The highest BCUT2D eigenvalue weighted by Crippen LogP contribution is 2.52. The number of ether oxygens (including phenoxy) is 1. The minimum atomic E-state index is -0.467. The van der Waals surface area contributed by atoms with Crippen LogP contribution in [0.15, 0.2) is 24.3 Å². The lowest BCUT2D eigenvalue weighted by molar-refractivity contribution is 0.00695. The van der Waals surface area contributed by atoms with Gasteiger partial charge in [-0.2, -0.15) is 0 Å². The Labute approximate surface area is 125 Å². The van der Waals surface area contributed by atoms with E-state index in [1.807, 2.05) is 45.0 Å². The van der Waals surface area contributed by atoms with Crippen molar-refractivity contribution in [1.82, 2.24) is 0 Å². The van der Waals surface area contributed by atoms with Crippen LogP contribution in [0.25, 0.3) is 0 Å². The third-order valence-corrected chi connectivity index (χ3v) is 4.45. The summed E-state index contributed by atoms with van der Waals surface area (Å²) in [6.07, 6.45) is 0. The molecule has 2 unspecified atom stereocenters. The first-order valence-electron chi connectivity index (χ1n) is 7.58. The molecule has 21 heavy (non-hydrogen) atoms. The molecule has 2 aliphatic rings. The van der Waals surface area contributed by atoms with Crippen molar-refractivity contribution in [3.63, 3.8) is 0 Å². The number of carbonyl (C=O) groups is 1. The first kappa shape index (κ1) is 14.4. The van der Waals surface area contributed by atoms with Crippen molar-refractivity contribution >= 4 is 11.7 Å². The molecule has 4 nitrogen and oxygen atoms in total. The van der Waals surface area contributed by atoms with Crippen LogP contribution in [0.5, 0.6) is 0 Å². The second-order valence-corrected chi connectivity index (χ2v) is 7.13. The van der Waals surface area contributed by atoms with Gasteiger partial charge in [0.05, 0.1) is 5.56 Å². The number of fused-ring (bicyclic) bond motifs is 1. The molecule has 1 aliphatic heterocycles. The topological polar surface area (TPSA) is 49.8 Å². The van der Waals surface area contributed by atoms with Crippen LogP contribution in [0, 0.1) is 17.8 Å². The average molecular weight is 289 g/mol. The van der Waals surface area contributed by atoms with E-state index in [1.54, 1.807) is 0 Å². The number of aliphatic hydroxyl groups is 1. The smallest absolute Gasteiger partial charge is 0.338 e. The van der Waals surface area contributed by atoms with Gasteiger partial charge in [0.15, 0.2) is 0 Å². The van der Waals surface area contributed by atoms with Gasteiger partial charge >= 0.3 is 5.97 Å². The van der Waals surface area contributed by atoms with Gasteiger partial charge in [-0.1, -0.05) is 0 Å². The van der Waals surface area contributed by atoms with Crippen molar-refractivity contribution in [2.75, 3.05) is 24.6 Å². The molecule has 1 aliphatic carbocycles. The predicted octanol–water partition coefficient (Wildman–Crippen LogP) is 2.32. The third-order valence-electron chi connectivity index (χ3n) is 4.45. The summed E-state index contributed by atoms with van der Waals surface area (Å²) >= 11 is 0. The van der Waals surface area contributed by atoms with Gasteiger partial charge in [-0.15, -0.1) is 0 Å². The number of carbonyl (C=O) groups excluding carboxylic acids is 1. The number of aliphatic hydroxyl groups excluding tert-OH is 1. The zero-order chi connectivity index (χ0) is 15.2. The molecular formula is C17H23NO3. The van der Waals surface area contributed by atoms with Gasteiger partial charge in [0.2, 0.25) is 0 Å². The van der Waals surface area contributed by atoms with Gasteiger partial charge < -0.3 is 14.7 Å². The molecule has 1 aromatic rings. The Hall–Kier alpha value is -1.55. The van der Waals surface area contributed by atoms with Crippen molar-refractivity contribution in [2.45, 2.75) is 26.4 Å². The van der Waals surface area contributed by atoms with Gasteiger partial charge in [-0.25, -0.2) is 4.79 Å². The lowest BCUT2D eigenvalue weighted by atomic mass is 10.1. The monoisotopic (exact) mass is 289 g/mol. The van der Waals surface area contributed by atoms with E-state index in [0.29, 0.717) is 29.9 Å². The number of benzene rings is 1. The van der Waals surface area contributed by atoms with Crippen LogP contribution in [0.1, 0.15) is 31.1 Å². The molecule has 3 rings (SSSR count). The molecule has 0 spiro atoms. The Kier molecular flexibility index (Phi) is 3.44. The second-order valence-electron chi connectivity index (χ2n) is 7.13. The van der Waals surface area contributed by atoms with E-state index in [2.05, 4.69) is 4.90 Å². The third kappa shape index (κ3) is 2.91. The fourth-order valence-corrected chi connectivity index (χ4v) is 3.28. The van der Waals surface area contributed by atoms with Crippen molar-refractivity contribution in [3.05, 3.63) is 29.8 Å². The molecule has 0 amide bonds. The summed E-state index contributed by atoms with van der Waals surface area (Å²) in [4.78, 5) is 14.3. The van der Waals surface area contributed by atoms with Crippen LogP contribution in [0.4, 0.5) is 5.69 Å². The highest BCUT2D eigenvalue weighted by molar-refractivity contribution is 5.90. The van der Waals surface area contributed by atoms with Crippen molar-refractivity contribution < 1.29 is 14.6 Å². The first-order valence-corrected chi connectivity index (χ1v) is 7.58. The number of hydrogen-bond donors (Lipinski definition) is 1. The van der Waals surface area contributed by atoms with Crippen molar-refractivity contribution in [3.8, 4) is 0 Å². The van der Waals surface area contributed by atoms with Gasteiger partial charge in [0.25, 0.3) is 0 Å². The van der Waals surface area contributed by atoms with Gasteiger partial charge in [-0.3, -0.25) is 0 Å². The Morgan fingerprint density at radius 1 is 1.24 bits per heavy atom. The molecule has 1 saturated heterocycles. The minimum absolute atomic E-state index is 0.279. The van der Waals surface area contributed by atoms with E-state index in [4.69, 9.17) is 4.74 Å². The zero-order valence-corrected chi connectivity index (χ0v) is 12.9. The van der Waals surface area contributed by atoms with Gasteiger partial charge in [0.1, 0.15) is 5.60 Å². The van der Waals surface area contributed by atoms with E-state index >= 15 is 0 Å². The van der Waals surface area contributed by atoms with Crippen LogP contribution in [-0.2, 0) is 4.74 Å². The number of piperidine rings is 1. The molecule has 0 radical (unpaired) electrons. The molecule has 0 bridgehead atoms. The molecule has 2 atom stereocenters. The van der Waals surface area contributed by atoms with E-state index in [1.165, 1.54) is 0 Å². The van der Waals surface area contributed by atoms with Crippen LogP contribution < -0.4 is 4.90 Å².